The largest absolute Gasteiger partial charge is 0.465 e. The molecule has 1 heterocycles. The van der Waals surface area contributed by atoms with Gasteiger partial charge in [0.15, 0.2) is 5.76 Å². The number of carbonyl (C=O) groups is 1. The highest BCUT2D eigenvalue weighted by molar-refractivity contribution is 5.89. The summed E-state index contributed by atoms with van der Waals surface area (Å²) >= 11 is 0. The van der Waals surface area contributed by atoms with Crippen LogP contribution in [0.4, 0.5) is 0 Å². The molecule has 4 nitrogen and oxygen atoms in total. The summed E-state index contributed by atoms with van der Waals surface area (Å²) in [5, 5.41) is 1.98. The second kappa shape index (κ2) is 8.11. The fourth-order valence-electron chi connectivity index (χ4n) is 3.28. The number of nitrogens with zero attached hydrogens (tertiary/aromatic N) is 1. The predicted molar refractivity (Wildman–Crippen MR) is 108 cm³/mol. The van der Waals surface area contributed by atoms with E-state index in [1.54, 1.807) is 12.1 Å². The fourth-order valence-corrected chi connectivity index (χ4v) is 3.28. The van der Waals surface area contributed by atoms with Crippen LogP contribution in [-0.4, -0.2) is 18.1 Å². The van der Waals surface area contributed by atoms with Gasteiger partial charge < -0.3 is 9.57 Å². The maximum atomic E-state index is 11.7. The Morgan fingerprint density at radius 1 is 0.929 bits per heavy atom. The molecule has 0 saturated carbocycles. The van der Waals surface area contributed by atoms with Gasteiger partial charge in [-0.25, -0.2) is 4.79 Å². The van der Waals surface area contributed by atoms with Crippen molar-refractivity contribution >= 4 is 11.7 Å². The van der Waals surface area contributed by atoms with Crippen molar-refractivity contribution in [3.05, 3.63) is 113 Å². The number of hydrogen-bond acceptors (Lipinski definition) is 4. The van der Waals surface area contributed by atoms with Crippen LogP contribution in [0.2, 0.25) is 0 Å². The summed E-state index contributed by atoms with van der Waals surface area (Å²) in [6.45, 7) is 0.667. The van der Waals surface area contributed by atoms with Crippen molar-refractivity contribution in [2.24, 2.45) is 0 Å². The number of ether oxygens (including phenoxy) is 1. The van der Waals surface area contributed by atoms with Crippen LogP contribution in [-0.2, 0) is 16.1 Å². The molecule has 1 unspecified atom stereocenters. The van der Waals surface area contributed by atoms with E-state index in [1.807, 2.05) is 53.6 Å². The van der Waals surface area contributed by atoms with Crippen molar-refractivity contribution in [2.45, 2.75) is 12.6 Å². The van der Waals surface area contributed by atoms with Crippen LogP contribution in [0.5, 0.6) is 0 Å². The van der Waals surface area contributed by atoms with E-state index < -0.39 is 0 Å². The van der Waals surface area contributed by atoms with Gasteiger partial charge in [-0.05, 0) is 29.3 Å². The van der Waals surface area contributed by atoms with Gasteiger partial charge >= 0.3 is 5.97 Å². The molecule has 0 N–H and O–H groups in total. The van der Waals surface area contributed by atoms with E-state index in [4.69, 9.17) is 9.57 Å². The molecule has 0 spiro atoms. The molecule has 0 radical (unpaired) electrons. The Kier molecular flexibility index (Phi) is 5.22. The third-order valence-electron chi connectivity index (χ3n) is 4.75. The van der Waals surface area contributed by atoms with Crippen LogP contribution >= 0.6 is 0 Å². The molecule has 0 saturated heterocycles. The van der Waals surface area contributed by atoms with Gasteiger partial charge in [-0.1, -0.05) is 72.8 Å². The highest BCUT2D eigenvalue weighted by Gasteiger charge is 2.29. The summed E-state index contributed by atoms with van der Waals surface area (Å²) in [5.41, 5.74) is 3.79. The molecule has 1 atom stereocenters. The van der Waals surface area contributed by atoms with E-state index in [2.05, 4.69) is 30.3 Å². The van der Waals surface area contributed by atoms with E-state index in [0.29, 0.717) is 12.1 Å². The summed E-state index contributed by atoms with van der Waals surface area (Å²) in [4.78, 5) is 17.9. The molecular formula is C24H21NO3. The number of esters is 1. The topological polar surface area (TPSA) is 38.8 Å². The minimum absolute atomic E-state index is 0.0108. The molecule has 0 aliphatic carbocycles. The first-order chi connectivity index (χ1) is 13.7. The molecule has 0 fully saturated rings. The van der Waals surface area contributed by atoms with Crippen molar-refractivity contribution in [1.29, 1.82) is 0 Å². The van der Waals surface area contributed by atoms with Gasteiger partial charge in [0.1, 0.15) is 0 Å². The molecule has 28 heavy (non-hydrogen) atoms. The zero-order valence-electron chi connectivity index (χ0n) is 15.6. The molecule has 1 aliphatic heterocycles. The second-order valence-corrected chi connectivity index (χ2v) is 6.61. The van der Waals surface area contributed by atoms with Crippen LogP contribution in [0, 0.1) is 0 Å². The quantitative estimate of drug-likeness (QED) is 0.592. The Balaban J connectivity index is 1.62. The molecule has 3 aromatic rings. The fraction of sp³-hybridized carbons (Fsp3) is 0.125. The molecule has 0 aromatic heterocycles. The molecule has 140 valence electrons. The van der Waals surface area contributed by atoms with Gasteiger partial charge in [0, 0.05) is 5.56 Å². The lowest BCUT2D eigenvalue weighted by atomic mass is 10.0. The van der Waals surface area contributed by atoms with Crippen molar-refractivity contribution in [3.8, 4) is 0 Å². The second-order valence-electron chi connectivity index (χ2n) is 6.61. The van der Waals surface area contributed by atoms with Crippen LogP contribution < -0.4 is 0 Å². The van der Waals surface area contributed by atoms with Gasteiger partial charge in [-0.15, -0.1) is 5.06 Å². The molecule has 3 aromatic carbocycles. The Morgan fingerprint density at radius 2 is 1.57 bits per heavy atom. The van der Waals surface area contributed by atoms with Crippen molar-refractivity contribution < 1.29 is 14.4 Å². The maximum Gasteiger partial charge on any atom is 0.337 e. The SMILES string of the molecule is COC(=O)c1ccc(C2=CC(c3ccccc3)N(Cc3ccccc3)O2)cc1. The van der Waals surface area contributed by atoms with Crippen LogP contribution in [0.3, 0.4) is 0 Å². The van der Waals surface area contributed by atoms with Crippen molar-refractivity contribution in [3.63, 3.8) is 0 Å². The van der Waals surface area contributed by atoms with Crippen LogP contribution in [0.15, 0.2) is 91.0 Å². The van der Waals surface area contributed by atoms with Gasteiger partial charge in [0.2, 0.25) is 0 Å². The lowest BCUT2D eigenvalue weighted by Crippen LogP contribution is -2.22. The van der Waals surface area contributed by atoms with E-state index >= 15 is 0 Å². The third-order valence-corrected chi connectivity index (χ3v) is 4.75. The average Bonchev–Trinajstić information content (AvgIpc) is 3.18. The number of carbonyl (C=O) groups excluding carboxylic acids is 1. The number of benzene rings is 3. The van der Waals surface area contributed by atoms with E-state index in [1.165, 1.54) is 18.2 Å². The first-order valence-electron chi connectivity index (χ1n) is 9.18. The smallest absolute Gasteiger partial charge is 0.337 e. The first kappa shape index (κ1) is 18.0. The standard InChI is InChI=1S/C24H21NO3/c1-27-24(26)21-14-12-20(13-15-21)23-16-22(19-10-6-3-7-11-19)25(28-23)17-18-8-4-2-5-9-18/h2-16,22H,17H2,1H3. The number of hydroxylamine groups is 2. The number of rotatable bonds is 5. The Hall–Kier alpha value is -3.37. The lowest BCUT2D eigenvalue weighted by Gasteiger charge is -2.23. The first-order valence-corrected chi connectivity index (χ1v) is 9.18. The molecule has 0 amide bonds. The zero-order valence-corrected chi connectivity index (χ0v) is 15.6. The average molecular weight is 371 g/mol. The number of methoxy groups -OCH3 is 1. The monoisotopic (exact) mass is 371 g/mol. The van der Waals surface area contributed by atoms with Gasteiger partial charge in [-0.2, -0.15) is 0 Å². The van der Waals surface area contributed by atoms with E-state index in [0.717, 1.165) is 11.3 Å². The normalized spacial score (nSPS) is 16.3. The van der Waals surface area contributed by atoms with Gasteiger partial charge in [0.05, 0.1) is 25.3 Å². The van der Waals surface area contributed by atoms with Crippen molar-refractivity contribution in [2.75, 3.05) is 7.11 Å². The molecule has 1 aliphatic rings. The Morgan fingerprint density at radius 3 is 2.21 bits per heavy atom. The molecule has 0 bridgehead atoms. The predicted octanol–water partition coefficient (Wildman–Crippen LogP) is 5.00. The summed E-state index contributed by atoms with van der Waals surface area (Å²) in [6, 6.07) is 27.8. The van der Waals surface area contributed by atoms with Crippen LogP contribution in [0.1, 0.15) is 33.1 Å². The van der Waals surface area contributed by atoms with Gasteiger partial charge in [0.25, 0.3) is 0 Å². The third kappa shape index (κ3) is 3.82. The molecule has 4 heteroatoms. The summed E-state index contributed by atoms with van der Waals surface area (Å²) < 4.78 is 4.77. The lowest BCUT2D eigenvalue weighted by molar-refractivity contribution is -0.101. The summed E-state index contributed by atoms with van der Waals surface area (Å²) in [7, 11) is 1.38. The van der Waals surface area contributed by atoms with E-state index in [-0.39, 0.29) is 12.0 Å². The molecule has 4 rings (SSSR count). The Labute approximate surface area is 164 Å². The van der Waals surface area contributed by atoms with Crippen LogP contribution in [0.25, 0.3) is 5.76 Å². The van der Waals surface area contributed by atoms with E-state index in [9.17, 15) is 4.79 Å². The van der Waals surface area contributed by atoms with Gasteiger partial charge in [-0.3, -0.25) is 0 Å². The highest BCUT2D eigenvalue weighted by Crippen LogP contribution is 2.36. The minimum atomic E-state index is -0.347. The zero-order chi connectivity index (χ0) is 19.3. The Bertz CT molecular complexity index is 966. The maximum absolute atomic E-state index is 11.7. The molecular weight excluding hydrogens is 350 g/mol. The number of hydrogen-bond donors (Lipinski definition) is 0. The minimum Gasteiger partial charge on any atom is -0.465 e. The highest BCUT2D eigenvalue weighted by atomic mass is 16.7. The summed E-state index contributed by atoms with van der Waals surface area (Å²) in [5.74, 6) is 0.432. The van der Waals surface area contributed by atoms with Crippen molar-refractivity contribution in [1.82, 2.24) is 5.06 Å². The summed E-state index contributed by atoms with van der Waals surface area (Å²) in [6.07, 6.45) is 2.12.